The van der Waals surface area contributed by atoms with Gasteiger partial charge in [0, 0.05) is 5.56 Å². The molecule has 19 heavy (non-hydrogen) atoms. The molecular weight excluding hydrogens is 246 g/mol. The third kappa shape index (κ3) is 2.05. The Morgan fingerprint density at radius 2 is 2.05 bits per heavy atom. The first-order valence-corrected chi connectivity index (χ1v) is 6.28. The summed E-state index contributed by atoms with van der Waals surface area (Å²) in [5.74, 6) is 0.748. The summed E-state index contributed by atoms with van der Waals surface area (Å²) >= 11 is 0. The molecule has 0 atom stereocenters. The van der Waals surface area contributed by atoms with Crippen molar-refractivity contribution < 1.29 is 19.1 Å². The normalized spacial score (nSPS) is 16.1. The lowest BCUT2D eigenvalue weighted by molar-refractivity contribution is -0.133. The van der Waals surface area contributed by atoms with Crippen LogP contribution in [0.3, 0.4) is 0 Å². The molecule has 0 unspecified atom stereocenters. The van der Waals surface area contributed by atoms with Gasteiger partial charge in [0.15, 0.2) is 17.1 Å². The smallest absolute Gasteiger partial charge is 0.268 e. The standard InChI is InChI=1S/C14H17NO4/c1-4-14(5-2)13(17)15-10-6-9(8-16)7-11(18-3)12(10)19-14/h6-8H,4-5H2,1-3H3,(H,15,17). The maximum absolute atomic E-state index is 12.2. The van der Waals surface area contributed by atoms with Crippen LogP contribution in [0.15, 0.2) is 12.1 Å². The molecule has 1 heterocycles. The first kappa shape index (κ1) is 13.4. The number of aldehydes is 1. The number of methoxy groups -OCH3 is 1. The molecule has 0 aliphatic carbocycles. The Labute approximate surface area is 111 Å². The molecule has 1 amide bonds. The van der Waals surface area contributed by atoms with Gasteiger partial charge in [-0.1, -0.05) is 13.8 Å². The van der Waals surface area contributed by atoms with E-state index in [1.165, 1.54) is 7.11 Å². The van der Waals surface area contributed by atoms with Crippen molar-refractivity contribution in [2.45, 2.75) is 32.3 Å². The third-order valence-electron chi connectivity index (χ3n) is 3.53. The summed E-state index contributed by atoms with van der Waals surface area (Å²) in [4.78, 5) is 23.0. The van der Waals surface area contributed by atoms with Crippen molar-refractivity contribution in [3.8, 4) is 11.5 Å². The summed E-state index contributed by atoms with van der Waals surface area (Å²) in [6.45, 7) is 3.81. The van der Waals surface area contributed by atoms with E-state index < -0.39 is 5.60 Å². The van der Waals surface area contributed by atoms with Crippen molar-refractivity contribution in [3.63, 3.8) is 0 Å². The van der Waals surface area contributed by atoms with Gasteiger partial charge in [0.05, 0.1) is 12.8 Å². The van der Waals surface area contributed by atoms with Crippen LogP contribution in [0.4, 0.5) is 5.69 Å². The zero-order valence-electron chi connectivity index (χ0n) is 11.3. The van der Waals surface area contributed by atoms with Gasteiger partial charge >= 0.3 is 0 Å². The summed E-state index contributed by atoms with van der Waals surface area (Å²) in [5.41, 5.74) is 0.0344. The van der Waals surface area contributed by atoms with Crippen molar-refractivity contribution in [1.82, 2.24) is 0 Å². The van der Waals surface area contributed by atoms with Crippen LogP contribution in [-0.2, 0) is 4.79 Å². The molecular formula is C14H17NO4. The number of ether oxygens (including phenoxy) is 2. The van der Waals surface area contributed by atoms with Crippen LogP contribution in [0.25, 0.3) is 0 Å². The summed E-state index contributed by atoms with van der Waals surface area (Å²) in [7, 11) is 1.50. The molecule has 0 saturated carbocycles. The van der Waals surface area contributed by atoms with Gasteiger partial charge in [0.1, 0.15) is 6.29 Å². The summed E-state index contributed by atoms with van der Waals surface area (Å²) in [6.07, 6.45) is 1.83. The molecule has 1 aliphatic rings. The van der Waals surface area contributed by atoms with E-state index in [2.05, 4.69) is 5.32 Å². The first-order chi connectivity index (χ1) is 9.10. The molecule has 1 N–H and O–H groups in total. The monoisotopic (exact) mass is 263 g/mol. The Morgan fingerprint density at radius 1 is 1.37 bits per heavy atom. The average Bonchev–Trinajstić information content (AvgIpc) is 2.45. The molecule has 5 nitrogen and oxygen atoms in total. The molecule has 1 aromatic carbocycles. The van der Waals surface area contributed by atoms with Crippen molar-refractivity contribution in [1.29, 1.82) is 0 Å². The van der Waals surface area contributed by atoms with Gasteiger partial charge in [-0.25, -0.2) is 0 Å². The van der Waals surface area contributed by atoms with E-state index in [1.807, 2.05) is 13.8 Å². The van der Waals surface area contributed by atoms with E-state index in [-0.39, 0.29) is 5.91 Å². The van der Waals surface area contributed by atoms with Crippen molar-refractivity contribution >= 4 is 17.9 Å². The lowest BCUT2D eigenvalue weighted by Crippen LogP contribution is -2.50. The second kappa shape index (κ2) is 4.91. The topological polar surface area (TPSA) is 64.6 Å². The highest BCUT2D eigenvalue weighted by molar-refractivity contribution is 6.02. The molecule has 1 aliphatic heterocycles. The van der Waals surface area contributed by atoms with E-state index in [0.29, 0.717) is 41.9 Å². The molecule has 0 saturated heterocycles. The minimum absolute atomic E-state index is 0.185. The minimum atomic E-state index is -0.872. The van der Waals surface area contributed by atoms with Crippen LogP contribution in [0, 0.1) is 0 Å². The Kier molecular flexibility index (Phi) is 3.46. The summed E-state index contributed by atoms with van der Waals surface area (Å²) in [5, 5.41) is 2.80. The van der Waals surface area contributed by atoms with E-state index >= 15 is 0 Å². The van der Waals surface area contributed by atoms with Gasteiger partial charge in [-0.05, 0) is 25.0 Å². The zero-order chi connectivity index (χ0) is 14.0. The molecule has 0 bridgehead atoms. The largest absolute Gasteiger partial charge is 0.493 e. The SMILES string of the molecule is CCC1(CC)Oc2c(cc(C=O)cc2OC)NC1=O. The fraction of sp³-hybridized carbons (Fsp3) is 0.429. The van der Waals surface area contributed by atoms with Crippen LogP contribution in [-0.4, -0.2) is 24.9 Å². The number of anilines is 1. The predicted octanol–water partition coefficient (Wildman–Crippen LogP) is 2.40. The quantitative estimate of drug-likeness (QED) is 0.847. The lowest BCUT2D eigenvalue weighted by Gasteiger charge is -2.36. The van der Waals surface area contributed by atoms with Gasteiger partial charge in [-0.2, -0.15) is 0 Å². The highest BCUT2D eigenvalue weighted by Gasteiger charge is 2.42. The molecule has 2 rings (SSSR count). The van der Waals surface area contributed by atoms with Crippen LogP contribution >= 0.6 is 0 Å². The Morgan fingerprint density at radius 3 is 2.58 bits per heavy atom. The van der Waals surface area contributed by atoms with E-state index in [1.54, 1.807) is 12.1 Å². The van der Waals surface area contributed by atoms with Crippen molar-refractivity contribution in [2.24, 2.45) is 0 Å². The van der Waals surface area contributed by atoms with E-state index in [9.17, 15) is 9.59 Å². The summed E-state index contributed by atoms with van der Waals surface area (Å²) in [6, 6.07) is 3.18. The number of rotatable bonds is 4. The van der Waals surface area contributed by atoms with Crippen molar-refractivity contribution in [2.75, 3.05) is 12.4 Å². The number of hydrogen-bond donors (Lipinski definition) is 1. The molecule has 0 aromatic heterocycles. The molecule has 5 heteroatoms. The highest BCUT2D eigenvalue weighted by Crippen LogP contribution is 2.43. The number of hydrogen-bond acceptors (Lipinski definition) is 4. The molecule has 102 valence electrons. The number of carbonyl (C=O) groups excluding carboxylic acids is 2. The zero-order valence-corrected chi connectivity index (χ0v) is 11.3. The molecule has 1 aromatic rings. The van der Waals surface area contributed by atoms with Crippen LogP contribution in [0.5, 0.6) is 11.5 Å². The Bertz CT molecular complexity index is 520. The first-order valence-electron chi connectivity index (χ1n) is 6.28. The maximum Gasteiger partial charge on any atom is 0.268 e. The van der Waals surface area contributed by atoms with E-state index in [4.69, 9.17) is 9.47 Å². The third-order valence-corrected chi connectivity index (χ3v) is 3.53. The summed E-state index contributed by atoms with van der Waals surface area (Å²) < 4.78 is 11.1. The number of amides is 1. The fourth-order valence-electron chi connectivity index (χ4n) is 2.23. The lowest BCUT2D eigenvalue weighted by atomic mass is 9.93. The van der Waals surface area contributed by atoms with Gasteiger partial charge in [0.25, 0.3) is 5.91 Å². The average molecular weight is 263 g/mol. The second-order valence-corrected chi connectivity index (χ2v) is 4.48. The van der Waals surface area contributed by atoms with Crippen molar-refractivity contribution in [3.05, 3.63) is 17.7 Å². The molecule has 0 spiro atoms. The molecule has 0 fully saturated rings. The number of nitrogens with one attached hydrogen (secondary N) is 1. The molecule has 0 radical (unpaired) electrons. The highest BCUT2D eigenvalue weighted by atomic mass is 16.5. The van der Waals surface area contributed by atoms with Gasteiger partial charge in [0.2, 0.25) is 0 Å². The maximum atomic E-state index is 12.2. The van der Waals surface area contributed by atoms with Crippen LogP contribution < -0.4 is 14.8 Å². The van der Waals surface area contributed by atoms with Gasteiger partial charge < -0.3 is 14.8 Å². The van der Waals surface area contributed by atoms with Gasteiger partial charge in [-0.3, -0.25) is 9.59 Å². The predicted molar refractivity (Wildman–Crippen MR) is 71.0 cm³/mol. The second-order valence-electron chi connectivity index (χ2n) is 4.48. The number of benzene rings is 1. The fourth-order valence-corrected chi connectivity index (χ4v) is 2.23. The Hall–Kier alpha value is -2.04. The number of fused-ring (bicyclic) bond motifs is 1. The van der Waals surface area contributed by atoms with E-state index in [0.717, 1.165) is 0 Å². The van der Waals surface area contributed by atoms with Crippen LogP contribution in [0.2, 0.25) is 0 Å². The number of carbonyl (C=O) groups is 2. The van der Waals surface area contributed by atoms with Crippen LogP contribution in [0.1, 0.15) is 37.0 Å². The minimum Gasteiger partial charge on any atom is -0.493 e. The Balaban J connectivity index is 2.55. The van der Waals surface area contributed by atoms with Gasteiger partial charge in [-0.15, -0.1) is 0 Å².